The molecule has 0 spiro atoms. The lowest BCUT2D eigenvalue weighted by Crippen LogP contribution is -2.38. The largest absolute Gasteiger partial charge is 0.451 e. The standard InChI is InChI=1S/C9H13NO4/c1-4-9(3)6(14-5(2)11)7(12)10-8(9)13/h6H,4H2,1-3H3,(H,10,12,13). The van der Waals surface area contributed by atoms with Crippen LogP contribution < -0.4 is 5.32 Å². The molecule has 1 heterocycles. The van der Waals surface area contributed by atoms with Gasteiger partial charge in [-0.25, -0.2) is 0 Å². The second-order valence-electron chi connectivity index (χ2n) is 3.58. The normalized spacial score (nSPS) is 31.5. The number of imide groups is 1. The predicted octanol–water partition coefficient (Wildman–Crippen LogP) is -0.00920. The first-order valence-electron chi connectivity index (χ1n) is 4.44. The third-order valence-electron chi connectivity index (χ3n) is 2.59. The predicted molar refractivity (Wildman–Crippen MR) is 47.1 cm³/mol. The molecule has 1 aliphatic heterocycles. The van der Waals surface area contributed by atoms with Gasteiger partial charge < -0.3 is 4.74 Å². The summed E-state index contributed by atoms with van der Waals surface area (Å²) in [6.07, 6.45) is -0.541. The summed E-state index contributed by atoms with van der Waals surface area (Å²) in [7, 11) is 0. The Morgan fingerprint density at radius 2 is 2.14 bits per heavy atom. The summed E-state index contributed by atoms with van der Waals surface area (Å²) in [4.78, 5) is 33.4. The van der Waals surface area contributed by atoms with Crippen LogP contribution in [0.5, 0.6) is 0 Å². The molecular weight excluding hydrogens is 186 g/mol. The zero-order valence-corrected chi connectivity index (χ0v) is 8.42. The van der Waals surface area contributed by atoms with E-state index >= 15 is 0 Å². The van der Waals surface area contributed by atoms with Crippen LogP contribution >= 0.6 is 0 Å². The number of carbonyl (C=O) groups excluding carboxylic acids is 3. The lowest BCUT2D eigenvalue weighted by Gasteiger charge is -2.24. The van der Waals surface area contributed by atoms with Gasteiger partial charge in [0.05, 0.1) is 5.41 Å². The highest BCUT2D eigenvalue weighted by Crippen LogP contribution is 2.33. The smallest absolute Gasteiger partial charge is 0.303 e. The molecule has 14 heavy (non-hydrogen) atoms. The van der Waals surface area contributed by atoms with Gasteiger partial charge in [0.2, 0.25) is 5.91 Å². The molecule has 1 N–H and O–H groups in total. The quantitative estimate of drug-likeness (QED) is 0.501. The molecule has 0 bridgehead atoms. The molecule has 1 saturated heterocycles. The molecule has 0 aromatic carbocycles. The van der Waals surface area contributed by atoms with Crippen LogP contribution in [0.15, 0.2) is 0 Å². The Morgan fingerprint density at radius 3 is 2.57 bits per heavy atom. The van der Waals surface area contributed by atoms with Gasteiger partial charge in [-0.05, 0) is 13.3 Å². The minimum atomic E-state index is -0.988. The van der Waals surface area contributed by atoms with Gasteiger partial charge in [-0.1, -0.05) is 6.92 Å². The third-order valence-corrected chi connectivity index (χ3v) is 2.59. The van der Waals surface area contributed by atoms with Crippen molar-refractivity contribution in [2.75, 3.05) is 0 Å². The fourth-order valence-corrected chi connectivity index (χ4v) is 1.42. The number of nitrogens with one attached hydrogen (secondary N) is 1. The first-order valence-corrected chi connectivity index (χ1v) is 4.44. The third kappa shape index (κ3) is 1.49. The summed E-state index contributed by atoms with van der Waals surface area (Å²) in [6.45, 7) is 4.60. The van der Waals surface area contributed by atoms with Crippen molar-refractivity contribution in [1.82, 2.24) is 5.32 Å². The second-order valence-corrected chi connectivity index (χ2v) is 3.58. The maximum Gasteiger partial charge on any atom is 0.303 e. The SMILES string of the molecule is CCC1(C)C(=O)NC(=O)C1OC(C)=O. The molecule has 0 aliphatic carbocycles. The van der Waals surface area contributed by atoms with Crippen molar-refractivity contribution in [3.63, 3.8) is 0 Å². The maximum absolute atomic E-state index is 11.4. The Kier molecular flexibility index (Phi) is 2.59. The van der Waals surface area contributed by atoms with E-state index in [0.717, 1.165) is 0 Å². The minimum Gasteiger partial charge on any atom is -0.451 e. The molecule has 1 fully saturated rings. The van der Waals surface area contributed by atoms with Crippen molar-refractivity contribution in [3.8, 4) is 0 Å². The molecule has 1 aliphatic rings. The number of amides is 2. The van der Waals surface area contributed by atoms with Gasteiger partial charge in [0.15, 0.2) is 6.10 Å². The average Bonchev–Trinajstić information content (AvgIpc) is 2.30. The zero-order chi connectivity index (χ0) is 10.9. The van der Waals surface area contributed by atoms with Crippen molar-refractivity contribution < 1.29 is 19.1 Å². The van der Waals surface area contributed by atoms with E-state index in [1.807, 2.05) is 0 Å². The number of rotatable bonds is 2. The highest BCUT2D eigenvalue weighted by Gasteiger charge is 2.52. The molecule has 5 nitrogen and oxygen atoms in total. The minimum absolute atomic E-state index is 0.378. The topological polar surface area (TPSA) is 72.5 Å². The van der Waals surface area contributed by atoms with Crippen LogP contribution in [0.2, 0.25) is 0 Å². The molecule has 0 aromatic heterocycles. The van der Waals surface area contributed by atoms with Crippen molar-refractivity contribution >= 4 is 17.8 Å². The van der Waals surface area contributed by atoms with Crippen LogP contribution in [0.1, 0.15) is 27.2 Å². The molecule has 0 radical (unpaired) electrons. The molecule has 0 aromatic rings. The Morgan fingerprint density at radius 1 is 1.57 bits per heavy atom. The van der Waals surface area contributed by atoms with Gasteiger partial charge in [0, 0.05) is 6.92 Å². The molecule has 5 heteroatoms. The molecule has 1 rings (SSSR count). The summed E-state index contributed by atoms with van der Waals surface area (Å²) in [5.74, 6) is -1.47. The average molecular weight is 199 g/mol. The van der Waals surface area contributed by atoms with Gasteiger partial charge >= 0.3 is 5.97 Å². The van der Waals surface area contributed by atoms with Crippen LogP contribution in [0, 0.1) is 5.41 Å². The van der Waals surface area contributed by atoms with E-state index in [0.29, 0.717) is 6.42 Å². The summed E-state index contributed by atoms with van der Waals surface area (Å²) < 4.78 is 4.83. The van der Waals surface area contributed by atoms with Crippen LogP contribution in [0.25, 0.3) is 0 Å². The first-order chi connectivity index (χ1) is 6.41. The van der Waals surface area contributed by atoms with E-state index in [4.69, 9.17) is 4.74 Å². The summed E-state index contributed by atoms with van der Waals surface area (Å²) in [5.41, 5.74) is -0.928. The van der Waals surface area contributed by atoms with Crippen LogP contribution in [-0.4, -0.2) is 23.9 Å². The van der Waals surface area contributed by atoms with E-state index < -0.39 is 23.4 Å². The van der Waals surface area contributed by atoms with E-state index in [2.05, 4.69) is 5.32 Å². The van der Waals surface area contributed by atoms with Gasteiger partial charge in [0.25, 0.3) is 5.91 Å². The van der Waals surface area contributed by atoms with E-state index in [1.54, 1.807) is 13.8 Å². The highest BCUT2D eigenvalue weighted by atomic mass is 16.5. The number of hydrogen-bond acceptors (Lipinski definition) is 4. The first kappa shape index (κ1) is 10.7. The Bertz CT molecular complexity index is 299. The van der Waals surface area contributed by atoms with Crippen molar-refractivity contribution in [3.05, 3.63) is 0 Å². The molecular formula is C9H13NO4. The number of hydrogen-bond donors (Lipinski definition) is 1. The van der Waals surface area contributed by atoms with Crippen molar-refractivity contribution in [2.45, 2.75) is 33.3 Å². The van der Waals surface area contributed by atoms with Crippen LogP contribution in [0.4, 0.5) is 0 Å². The Balaban J connectivity index is 2.95. The van der Waals surface area contributed by atoms with Crippen LogP contribution in [0.3, 0.4) is 0 Å². The Hall–Kier alpha value is -1.39. The number of ether oxygens (including phenoxy) is 1. The summed E-state index contributed by atoms with van der Waals surface area (Å²) >= 11 is 0. The van der Waals surface area contributed by atoms with Gasteiger partial charge in [-0.15, -0.1) is 0 Å². The summed E-state index contributed by atoms with van der Waals surface area (Å²) in [6, 6.07) is 0. The molecule has 0 saturated carbocycles. The van der Waals surface area contributed by atoms with Gasteiger partial charge in [-0.3, -0.25) is 19.7 Å². The van der Waals surface area contributed by atoms with Gasteiger partial charge in [0.1, 0.15) is 0 Å². The fraction of sp³-hybridized carbons (Fsp3) is 0.667. The fourth-order valence-electron chi connectivity index (χ4n) is 1.42. The van der Waals surface area contributed by atoms with E-state index in [9.17, 15) is 14.4 Å². The lowest BCUT2D eigenvalue weighted by atomic mass is 9.83. The van der Waals surface area contributed by atoms with Gasteiger partial charge in [-0.2, -0.15) is 0 Å². The van der Waals surface area contributed by atoms with E-state index in [-0.39, 0.29) is 5.91 Å². The molecule has 2 atom stereocenters. The van der Waals surface area contributed by atoms with Crippen molar-refractivity contribution in [1.29, 1.82) is 0 Å². The zero-order valence-electron chi connectivity index (χ0n) is 8.42. The lowest BCUT2D eigenvalue weighted by molar-refractivity contribution is -0.158. The van der Waals surface area contributed by atoms with E-state index in [1.165, 1.54) is 6.92 Å². The highest BCUT2D eigenvalue weighted by molar-refractivity contribution is 6.09. The number of carbonyl (C=O) groups is 3. The second kappa shape index (κ2) is 3.40. The molecule has 2 unspecified atom stereocenters. The monoisotopic (exact) mass is 199 g/mol. The maximum atomic E-state index is 11.4. The Labute approximate surface area is 81.8 Å². The summed E-state index contributed by atoms with van der Waals surface area (Å²) in [5, 5.41) is 2.16. The van der Waals surface area contributed by atoms with Crippen molar-refractivity contribution in [2.24, 2.45) is 5.41 Å². The number of esters is 1. The molecule has 78 valence electrons. The molecule has 2 amide bonds. The van der Waals surface area contributed by atoms with Crippen LogP contribution in [-0.2, 0) is 19.1 Å².